The summed E-state index contributed by atoms with van der Waals surface area (Å²) in [5, 5.41) is 8.45. The number of aryl methyl sites for hydroxylation is 1. The van der Waals surface area contributed by atoms with Crippen LogP contribution in [-0.4, -0.2) is 11.3 Å². The Kier molecular flexibility index (Phi) is 3.89. The van der Waals surface area contributed by atoms with Crippen molar-refractivity contribution in [2.24, 2.45) is 0 Å². The molecule has 0 unspecified atom stereocenters. The van der Waals surface area contributed by atoms with Crippen LogP contribution >= 0.6 is 0 Å². The number of ether oxygens (including phenoxy) is 1. The number of aromatic nitrogens is 1. The topological polar surface area (TPSA) is 45.9 Å². The molecule has 7 heteroatoms. The third kappa shape index (κ3) is 3.59. The highest BCUT2D eigenvalue weighted by Gasteiger charge is 2.32. The van der Waals surface area contributed by atoms with Gasteiger partial charge in [-0.15, -0.1) is 13.2 Å². The first-order valence-electron chi connectivity index (χ1n) is 4.55. The lowest BCUT2D eigenvalue weighted by atomic mass is 10.1. The summed E-state index contributed by atoms with van der Waals surface area (Å²) in [6.45, 7) is 0.512. The lowest BCUT2D eigenvalue weighted by Gasteiger charge is -2.13. The Balaban J connectivity index is 3.19. The van der Waals surface area contributed by atoms with Crippen LogP contribution in [0.25, 0.3) is 0 Å². The standard InChI is InChI=1S/C10H8F4N2O/c1-6-4-9(17-10(12,13)14)7(2-3-15)16-8(6)5-11/h4H,2,5H2,1H3. The lowest BCUT2D eigenvalue weighted by Crippen LogP contribution is -2.19. The molecule has 0 aliphatic heterocycles. The first kappa shape index (κ1) is 13.2. The molecule has 1 rings (SSSR count). The van der Waals surface area contributed by atoms with E-state index in [0.717, 1.165) is 6.07 Å². The monoisotopic (exact) mass is 248 g/mol. The number of hydrogen-bond acceptors (Lipinski definition) is 3. The molecular weight excluding hydrogens is 240 g/mol. The molecule has 17 heavy (non-hydrogen) atoms. The molecule has 0 fully saturated rings. The molecule has 0 saturated carbocycles. The van der Waals surface area contributed by atoms with Crippen molar-refractivity contribution in [2.45, 2.75) is 26.4 Å². The lowest BCUT2D eigenvalue weighted by molar-refractivity contribution is -0.275. The van der Waals surface area contributed by atoms with E-state index in [-0.39, 0.29) is 23.4 Å². The Morgan fingerprint density at radius 2 is 2.06 bits per heavy atom. The number of pyridine rings is 1. The van der Waals surface area contributed by atoms with Crippen molar-refractivity contribution in [1.29, 1.82) is 5.26 Å². The largest absolute Gasteiger partial charge is 0.573 e. The fourth-order valence-electron chi connectivity index (χ4n) is 1.22. The second-order valence-corrected chi connectivity index (χ2v) is 3.21. The average Bonchev–Trinajstić information content (AvgIpc) is 2.20. The molecule has 0 amide bonds. The summed E-state index contributed by atoms with van der Waals surface area (Å²) in [7, 11) is 0. The number of rotatable bonds is 3. The van der Waals surface area contributed by atoms with Gasteiger partial charge in [-0.2, -0.15) is 5.26 Å². The molecule has 0 aliphatic rings. The molecule has 0 radical (unpaired) electrons. The third-order valence-electron chi connectivity index (χ3n) is 1.96. The molecule has 0 aromatic carbocycles. The van der Waals surface area contributed by atoms with Crippen LogP contribution in [0.3, 0.4) is 0 Å². The maximum atomic E-state index is 12.5. The predicted octanol–water partition coefficient (Wildman–Crippen LogP) is 2.82. The van der Waals surface area contributed by atoms with Crippen molar-refractivity contribution >= 4 is 0 Å². The number of halogens is 4. The van der Waals surface area contributed by atoms with E-state index >= 15 is 0 Å². The van der Waals surface area contributed by atoms with Crippen LogP contribution in [0.15, 0.2) is 6.07 Å². The number of nitrogens with zero attached hydrogens (tertiary/aromatic N) is 2. The zero-order valence-corrected chi connectivity index (χ0v) is 8.81. The molecule has 0 spiro atoms. The zero-order chi connectivity index (χ0) is 13.1. The van der Waals surface area contributed by atoms with Crippen LogP contribution in [-0.2, 0) is 13.1 Å². The molecular formula is C10H8F4N2O. The highest BCUT2D eigenvalue weighted by atomic mass is 19.4. The molecule has 1 heterocycles. The van der Waals surface area contributed by atoms with Gasteiger partial charge in [0.05, 0.1) is 23.9 Å². The van der Waals surface area contributed by atoms with E-state index in [0.29, 0.717) is 0 Å². The molecule has 0 N–H and O–H groups in total. The van der Waals surface area contributed by atoms with E-state index < -0.39 is 18.8 Å². The van der Waals surface area contributed by atoms with E-state index in [2.05, 4.69) is 9.72 Å². The van der Waals surface area contributed by atoms with Crippen LogP contribution in [0, 0.1) is 18.3 Å². The summed E-state index contributed by atoms with van der Waals surface area (Å²) < 4.78 is 52.4. The minimum absolute atomic E-state index is 0.00442. The van der Waals surface area contributed by atoms with Gasteiger partial charge in [-0.05, 0) is 18.6 Å². The summed E-state index contributed by atoms with van der Waals surface area (Å²) >= 11 is 0. The predicted molar refractivity (Wildman–Crippen MR) is 49.8 cm³/mol. The maximum Gasteiger partial charge on any atom is 0.573 e. The second kappa shape index (κ2) is 4.99. The fourth-order valence-corrected chi connectivity index (χ4v) is 1.22. The van der Waals surface area contributed by atoms with Crippen LogP contribution in [0.5, 0.6) is 5.75 Å². The molecule has 1 aromatic heterocycles. The van der Waals surface area contributed by atoms with Gasteiger partial charge in [0.25, 0.3) is 0 Å². The Bertz CT molecular complexity index is 451. The Morgan fingerprint density at radius 3 is 2.53 bits per heavy atom. The van der Waals surface area contributed by atoms with Crippen molar-refractivity contribution in [2.75, 3.05) is 0 Å². The van der Waals surface area contributed by atoms with Gasteiger partial charge in [0.15, 0.2) is 5.75 Å². The molecule has 3 nitrogen and oxygen atoms in total. The summed E-state index contributed by atoms with van der Waals surface area (Å²) in [4.78, 5) is 3.64. The first-order valence-corrected chi connectivity index (χ1v) is 4.55. The molecule has 92 valence electrons. The van der Waals surface area contributed by atoms with Gasteiger partial charge < -0.3 is 4.74 Å². The van der Waals surface area contributed by atoms with E-state index in [1.807, 2.05) is 0 Å². The van der Waals surface area contributed by atoms with Crippen molar-refractivity contribution in [3.63, 3.8) is 0 Å². The van der Waals surface area contributed by atoms with Crippen molar-refractivity contribution < 1.29 is 22.3 Å². The minimum Gasteiger partial charge on any atom is -0.404 e. The van der Waals surface area contributed by atoms with Crippen molar-refractivity contribution in [3.8, 4) is 11.8 Å². The fraction of sp³-hybridized carbons (Fsp3) is 0.400. The highest BCUT2D eigenvalue weighted by molar-refractivity contribution is 5.36. The van der Waals surface area contributed by atoms with Crippen LogP contribution < -0.4 is 4.74 Å². The van der Waals surface area contributed by atoms with Gasteiger partial charge in [-0.3, -0.25) is 0 Å². The van der Waals surface area contributed by atoms with Crippen LogP contribution in [0.1, 0.15) is 17.0 Å². The Labute approximate surface area is 94.6 Å². The summed E-state index contributed by atoms with van der Waals surface area (Å²) in [5.74, 6) is -0.561. The van der Waals surface area contributed by atoms with Gasteiger partial charge in [-0.1, -0.05) is 0 Å². The molecule has 0 bridgehead atoms. The Morgan fingerprint density at radius 1 is 1.41 bits per heavy atom. The second-order valence-electron chi connectivity index (χ2n) is 3.21. The van der Waals surface area contributed by atoms with Gasteiger partial charge >= 0.3 is 6.36 Å². The third-order valence-corrected chi connectivity index (χ3v) is 1.96. The van der Waals surface area contributed by atoms with Gasteiger partial charge in [0, 0.05) is 0 Å². The molecule has 0 saturated heterocycles. The Hall–Kier alpha value is -1.84. The molecule has 0 aliphatic carbocycles. The number of hydrogen-bond donors (Lipinski definition) is 0. The van der Waals surface area contributed by atoms with E-state index in [1.165, 1.54) is 6.92 Å². The van der Waals surface area contributed by atoms with Crippen molar-refractivity contribution in [3.05, 3.63) is 23.0 Å². The van der Waals surface area contributed by atoms with Crippen LogP contribution in [0.2, 0.25) is 0 Å². The molecule has 0 atom stereocenters. The van der Waals surface area contributed by atoms with Gasteiger partial charge in [0.2, 0.25) is 0 Å². The first-order chi connectivity index (χ1) is 7.87. The minimum atomic E-state index is -4.87. The smallest absolute Gasteiger partial charge is 0.404 e. The summed E-state index contributed by atoms with van der Waals surface area (Å²) in [6, 6.07) is 2.68. The van der Waals surface area contributed by atoms with Crippen LogP contribution in [0.4, 0.5) is 17.6 Å². The normalized spacial score (nSPS) is 11.1. The number of nitriles is 1. The summed E-state index contributed by atoms with van der Waals surface area (Å²) in [6.07, 6.45) is -5.24. The maximum absolute atomic E-state index is 12.5. The van der Waals surface area contributed by atoms with E-state index in [1.54, 1.807) is 6.07 Å². The average molecular weight is 248 g/mol. The van der Waals surface area contributed by atoms with E-state index in [9.17, 15) is 17.6 Å². The number of alkyl halides is 4. The van der Waals surface area contributed by atoms with Crippen molar-refractivity contribution in [1.82, 2.24) is 4.98 Å². The summed E-state index contributed by atoms with van der Waals surface area (Å²) in [5.41, 5.74) is 0.0290. The highest BCUT2D eigenvalue weighted by Crippen LogP contribution is 2.27. The van der Waals surface area contributed by atoms with Gasteiger partial charge in [0.1, 0.15) is 6.67 Å². The SMILES string of the molecule is Cc1cc(OC(F)(F)F)c(CC#N)nc1CF. The van der Waals surface area contributed by atoms with E-state index in [4.69, 9.17) is 5.26 Å². The molecule has 1 aromatic rings. The zero-order valence-electron chi connectivity index (χ0n) is 8.81. The quantitative estimate of drug-likeness (QED) is 0.772. The van der Waals surface area contributed by atoms with Gasteiger partial charge in [-0.25, -0.2) is 9.37 Å².